The number of carbonyl (C=O) groups is 2. The number of hydrogen-bond donors (Lipinski definition) is 1. The third-order valence-corrected chi connectivity index (χ3v) is 3.76. The maximum atomic E-state index is 12.3. The molecule has 0 aliphatic carbocycles. The number of ether oxygens (including phenoxy) is 1. The van der Waals surface area contributed by atoms with Crippen molar-refractivity contribution in [2.75, 3.05) is 6.61 Å². The van der Waals surface area contributed by atoms with Crippen molar-refractivity contribution in [2.24, 2.45) is 0 Å². The van der Waals surface area contributed by atoms with Crippen LogP contribution in [-0.2, 0) is 14.4 Å². The molecule has 0 fully saturated rings. The summed E-state index contributed by atoms with van der Waals surface area (Å²) in [5, 5.41) is 0. The molecule has 0 saturated carbocycles. The van der Waals surface area contributed by atoms with E-state index in [1.165, 1.54) is 0 Å². The van der Waals surface area contributed by atoms with E-state index in [2.05, 4.69) is 11.7 Å². The Hall–Kier alpha value is -1.17. The van der Waals surface area contributed by atoms with Crippen molar-refractivity contribution in [1.29, 1.82) is 0 Å². The average molecular weight is 411 g/mol. The number of unbranched alkanes of at least 4 members (excludes halogenated alkanes) is 3. The van der Waals surface area contributed by atoms with Gasteiger partial charge in [0.05, 0.1) is 5.92 Å². The first-order valence-electron chi connectivity index (χ1n) is 8.08. The van der Waals surface area contributed by atoms with Crippen molar-refractivity contribution in [2.45, 2.75) is 48.7 Å². The number of halogens is 3. The fourth-order valence-electron chi connectivity index (χ4n) is 2.22. The molecule has 0 saturated heterocycles. The van der Waals surface area contributed by atoms with Crippen LogP contribution in [0.1, 0.15) is 50.5 Å². The fourth-order valence-corrected chi connectivity index (χ4v) is 2.38. The molecule has 0 radical (unpaired) electrons. The van der Waals surface area contributed by atoms with Gasteiger partial charge in [0.2, 0.25) is 3.79 Å². The molecule has 1 aromatic rings. The summed E-state index contributed by atoms with van der Waals surface area (Å²) in [6.45, 7) is 1.66. The third-order valence-electron chi connectivity index (χ3n) is 3.43. The van der Waals surface area contributed by atoms with Gasteiger partial charge >= 0.3 is 12.1 Å². The summed E-state index contributed by atoms with van der Waals surface area (Å²) in [5.74, 6) is -1.03. The minimum absolute atomic E-state index is 0.458. The summed E-state index contributed by atoms with van der Waals surface area (Å²) in [5.41, 5.74) is 2.75. The molecule has 1 atom stereocenters. The minimum atomic E-state index is -1.73. The molecule has 1 unspecified atom stereocenters. The number of nitrogens with one attached hydrogen (secondary N) is 1. The number of hydrogen-bond acceptors (Lipinski definition) is 4. The van der Waals surface area contributed by atoms with Gasteiger partial charge in [-0.2, -0.15) is 0 Å². The van der Waals surface area contributed by atoms with Gasteiger partial charge in [0.15, 0.2) is 0 Å². The molecule has 25 heavy (non-hydrogen) atoms. The minimum Gasteiger partial charge on any atom is -0.443 e. The lowest BCUT2D eigenvalue weighted by atomic mass is 9.93. The van der Waals surface area contributed by atoms with E-state index < -0.39 is 28.4 Å². The van der Waals surface area contributed by atoms with Gasteiger partial charge in [0.25, 0.3) is 0 Å². The van der Waals surface area contributed by atoms with Crippen molar-refractivity contribution in [3.8, 4) is 0 Å². The summed E-state index contributed by atoms with van der Waals surface area (Å²) in [4.78, 5) is 28.7. The fraction of sp³-hybridized carbons (Fsp3) is 0.529. The van der Waals surface area contributed by atoms with Gasteiger partial charge in [-0.15, -0.1) is 5.48 Å². The number of alkyl halides is 3. The highest BCUT2D eigenvalue weighted by Crippen LogP contribution is 2.26. The molecular formula is C17H22Cl3NO4. The number of hydroxylamine groups is 1. The van der Waals surface area contributed by atoms with E-state index in [1.54, 1.807) is 0 Å². The predicted octanol–water partition coefficient (Wildman–Crippen LogP) is 5.30. The van der Waals surface area contributed by atoms with E-state index in [4.69, 9.17) is 39.6 Å². The molecule has 0 aromatic heterocycles. The Kier molecular flexibility index (Phi) is 10.0. The summed E-state index contributed by atoms with van der Waals surface area (Å²) in [6.07, 6.45) is 3.77. The predicted molar refractivity (Wildman–Crippen MR) is 98.8 cm³/mol. The quantitative estimate of drug-likeness (QED) is 0.359. The maximum Gasteiger partial charge on any atom is 0.440 e. The lowest BCUT2D eigenvalue weighted by Crippen LogP contribution is -2.32. The van der Waals surface area contributed by atoms with E-state index in [-0.39, 0.29) is 0 Å². The summed E-state index contributed by atoms with van der Waals surface area (Å²) < 4.78 is 2.90. The lowest BCUT2D eigenvalue weighted by molar-refractivity contribution is -0.151. The number of rotatable bonds is 8. The van der Waals surface area contributed by atoms with Gasteiger partial charge in [0.1, 0.15) is 6.61 Å². The van der Waals surface area contributed by atoms with Crippen molar-refractivity contribution < 1.29 is 19.2 Å². The third kappa shape index (κ3) is 9.78. The van der Waals surface area contributed by atoms with E-state index >= 15 is 0 Å². The van der Waals surface area contributed by atoms with Crippen LogP contribution in [0.15, 0.2) is 30.3 Å². The Morgan fingerprint density at radius 1 is 1.12 bits per heavy atom. The second-order valence-corrected chi connectivity index (χ2v) is 8.04. The van der Waals surface area contributed by atoms with Crippen LogP contribution >= 0.6 is 34.8 Å². The second kappa shape index (κ2) is 11.4. The van der Waals surface area contributed by atoms with Crippen molar-refractivity contribution in [3.05, 3.63) is 35.9 Å². The van der Waals surface area contributed by atoms with Crippen LogP contribution in [0.3, 0.4) is 0 Å². The maximum absolute atomic E-state index is 12.3. The van der Waals surface area contributed by atoms with Crippen LogP contribution < -0.4 is 5.48 Å². The van der Waals surface area contributed by atoms with Crippen molar-refractivity contribution in [3.63, 3.8) is 0 Å². The molecule has 1 amide bonds. The molecule has 0 spiro atoms. The summed E-state index contributed by atoms with van der Waals surface area (Å²) in [6, 6.07) is 9.28. The number of carbonyl (C=O) groups excluding carboxylic acids is 2. The average Bonchev–Trinajstić information content (AvgIpc) is 2.58. The molecule has 140 valence electrons. The second-order valence-electron chi connectivity index (χ2n) is 5.53. The van der Waals surface area contributed by atoms with Gasteiger partial charge in [-0.25, -0.2) is 9.59 Å². The molecule has 5 nitrogen and oxygen atoms in total. The topological polar surface area (TPSA) is 64.6 Å². The molecule has 0 aliphatic heterocycles. The van der Waals surface area contributed by atoms with Crippen molar-refractivity contribution in [1.82, 2.24) is 5.48 Å². The molecule has 1 aromatic carbocycles. The van der Waals surface area contributed by atoms with Gasteiger partial charge < -0.3 is 9.57 Å². The van der Waals surface area contributed by atoms with Crippen LogP contribution in [0, 0.1) is 0 Å². The summed E-state index contributed by atoms with van der Waals surface area (Å²) >= 11 is 16.4. The molecule has 1 N–H and O–H groups in total. The number of amides is 1. The highest BCUT2D eigenvalue weighted by molar-refractivity contribution is 6.67. The largest absolute Gasteiger partial charge is 0.443 e. The van der Waals surface area contributed by atoms with Gasteiger partial charge in [-0.05, 0) is 12.0 Å². The van der Waals surface area contributed by atoms with E-state index in [9.17, 15) is 9.59 Å². The Labute approximate surface area is 162 Å². The molecular weight excluding hydrogens is 389 g/mol. The summed E-state index contributed by atoms with van der Waals surface area (Å²) in [7, 11) is 0. The molecule has 0 heterocycles. The monoisotopic (exact) mass is 409 g/mol. The molecule has 1 rings (SSSR count). The van der Waals surface area contributed by atoms with Gasteiger partial charge in [-0.1, -0.05) is 97.7 Å². The zero-order chi connectivity index (χ0) is 18.7. The van der Waals surface area contributed by atoms with E-state index in [0.717, 1.165) is 31.2 Å². The normalized spacial score (nSPS) is 12.3. The van der Waals surface area contributed by atoms with Crippen LogP contribution in [0.2, 0.25) is 0 Å². The molecule has 8 heteroatoms. The molecule has 0 aliphatic rings. The van der Waals surface area contributed by atoms with Crippen molar-refractivity contribution >= 4 is 46.9 Å². The smallest absolute Gasteiger partial charge is 0.440 e. The first kappa shape index (κ1) is 21.9. The standard InChI is InChI=1S/C17H22Cl3NO4/c1-2-3-4-8-11-14(13-9-6-5-7-10-13)15(22)25-21-16(23)24-12-17(18,19)20/h5-7,9-10,14H,2-4,8,11-12H2,1H3,(H,21,23). The highest BCUT2D eigenvalue weighted by atomic mass is 35.6. The Morgan fingerprint density at radius 2 is 1.80 bits per heavy atom. The van der Waals surface area contributed by atoms with Gasteiger partial charge in [0, 0.05) is 0 Å². The van der Waals surface area contributed by atoms with Crippen LogP contribution in [0.5, 0.6) is 0 Å². The van der Waals surface area contributed by atoms with E-state index in [0.29, 0.717) is 6.42 Å². The van der Waals surface area contributed by atoms with Gasteiger partial charge in [-0.3, -0.25) is 0 Å². The van der Waals surface area contributed by atoms with Crippen LogP contribution in [0.4, 0.5) is 4.79 Å². The Morgan fingerprint density at radius 3 is 2.40 bits per heavy atom. The van der Waals surface area contributed by atoms with Crippen LogP contribution in [0.25, 0.3) is 0 Å². The Balaban J connectivity index is 2.56. The molecule has 0 bridgehead atoms. The van der Waals surface area contributed by atoms with Crippen LogP contribution in [-0.4, -0.2) is 22.5 Å². The number of benzene rings is 1. The zero-order valence-corrected chi connectivity index (χ0v) is 16.2. The van der Waals surface area contributed by atoms with E-state index in [1.807, 2.05) is 35.8 Å². The highest BCUT2D eigenvalue weighted by Gasteiger charge is 2.25. The Bertz CT molecular complexity index is 534. The lowest BCUT2D eigenvalue weighted by Gasteiger charge is -2.16. The first-order valence-corrected chi connectivity index (χ1v) is 9.22. The zero-order valence-electron chi connectivity index (χ0n) is 14.0. The first-order chi connectivity index (χ1) is 11.8. The SMILES string of the molecule is CCCCCCC(C(=O)ONC(=O)OCC(Cl)(Cl)Cl)c1ccccc1.